The van der Waals surface area contributed by atoms with Gasteiger partial charge in [0.15, 0.2) is 0 Å². The number of nitrogens with zero attached hydrogens (tertiary/aromatic N) is 2. The van der Waals surface area contributed by atoms with Crippen molar-refractivity contribution in [3.05, 3.63) is 46.9 Å². The zero-order valence-corrected chi connectivity index (χ0v) is 11.4. The summed E-state index contributed by atoms with van der Waals surface area (Å²) >= 11 is 6.09. The molecule has 3 nitrogen and oxygen atoms in total. The van der Waals surface area contributed by atoms with Crippen molar-refractivity contribution in [3.8, 4) is 11.6 Å². The van der Waals surface area contributed by atoms with E-state index >= 15 is 0 Å². The lowest BCUT2D eigenvalue weighted by Crippen LogP contribution is -1.99. The first-order valence-electron chi connectivity index (χ1n) is 5.83. The molecule has 18 heavy (non-hydrogen) atoms. The van der Waals surface area contributed by atoms with Gasteiger partial charge in [0.1, 0.15) is 17.2 Å². The van der Waals surface area contributed by atoms with Crippen LogP contribution in [-0.4, -0.2) is 9.97 Å². The van der Waals surface area contributed by atoms with Gasteiger partial charge in [-0.2, -0.15) is 0 Å². The van der Waals surface area contributed by atoms with E-state index in [4.69, 9.17) is 16.3 Å². The van der Waals surface area contributed by atoms with Crippen molar-refractivity contribution >= 4 is 11.6 Å². The quantitative estimate of drug-likeness (QED) is 0.771. The molecule has 1 heterocycles. The van der Waals surface area contributed by atoms with Gasteiger partial charge >= 0.3 is 0 Å². The first-order chi connectivity index (χ1) is 8.58. The molecule has 0 N–H and O–H groups in total. The van der Waals surface area contributed by atoms with E-state index in [1.807, 2.05) is 45.0 Å². The summed E-state index contributed by atoms with van der Waals surface area (Å²) in [5, 5.41) is 0.447. The standard InChI is InChI=1S/C14H15ClN2O/c1-9(2)12-13(15)16-8-17-14(12)18-11-6-4-5-10(3)7-11/h4-9H,1-3H3. The van der Waals surface area contributed by atoms with Gasteiger partial charge in [-0.15, -0.1) is 0 Å². The molecule has 0 aliphatic rings. The molecule has 1 aromatic carbocycles. The van der Waals surface area contributed by atoms with E-state index in [1.54, 1.807) is 0 Å². The van der Waals surface area contributed by atoms with Crippen LogP contribution in [0, 0.1) is 6.92 Å². The van der Waals surface area contributed by atoms with Crippen LogP contribution in [0.15, 0.2) is 30.6 Å². The van der Waals surface area contributed by atoms with Gasteiger partial charge in [-0.05, 0) is 30.5 Å². The van der Waals surface area contributed by atoms with Gasteiger partial charge < -0.3 is 4.74 Å². The Morgan fingerprint density at radius 2 is 2.00 bits per heavy atom. The summed E-state index contributed by atoms with van der Waals surface area (Å²) in [6, 6.07) is 7.82. The lowest BCUT2D eigenvalue weighted by molar-refractivity contribution is 0.451. The third-order valence-corrected chi connectivity index (χ3v) is 2.88. The minimum absolute atomic E-state index is 0.207. The van der Waals surface area contributed by atoms with Crippen molar-refractivity contribution in [2.24, 2.45) is 0 Å². The number of ether oxygens (including phenoxy) is 1. The van der Waals surface area contributed by atoms with E-state index in [0.717, 1.165) is 16.9 Å². The average molecular weight is 263 g/mol. The molecule has 0 bridgehead atoms. The number of aryl methyl sites for hydroxylation is 1. The first-order valence-corrected chi connectivity index (χ1v) is 6.20. The van der Waals surface area contributed by atoms with E-state index in [2.05, 4.69) is 9.97 Å². The molecule has 2 aromatic rings. The molecule has 0 saturated carbocycles. The van der Waals surface area contributed by atoms with E-state index in [0.29, 0.717) is 11.0 Å². The Balaban J connectivity index is 2.37. The largest absolute Gasteiger partial charge is 0.439 e. The van der Waals surface area contributed by atoms with E-state index in [1.165, 1.54) is 6.33 Å². The second-order valence-electron chi connectivity index (χ2n) is 4.46. The first kappa shape index (κ1) is 12.8. The zero-order valence-electron chi connectivity index (χ0n) is 10.6. The highest BCUT2D eigenvalue weighted by Crippen LogP contribution is 2.32. The van der Waals surface area contributed by atoms with Crippen molar-refractivity contribution < 1.29 is 4.74 Å². The SMILES string of the molecule is Cc1cccc(Oc2ncnc(Cl)c2C(C)C)c1. The predicted molar refractivity (Wildman–Crippen MR) is 72.4 cm³/mol. The fourth-order valence-corrected chi connectivity index (χ4v) is 2.06. The van der Waals surface area contributed by atoms with Gasteiger partial charge in [0.05, 0.1) is 5.56 Å². The molecular weight excluding hydrogens is 248 g/mol. The van der Waals surface area contributed by atoms with E-state index < -0.39 is 0 Å². The Hall–Kier alpha value is -1.61. The molecule has 0 radical (unpaired) electrons. The Labute approximate surface area is 112 Å². The van der Waals surface area contributed by atoms with Gasteiger partial charge in [0.2, 0.25) is 5.88 Å². The summed E-state index contributed by atoms with van der Waals surface area (Å²) in [6.45, 7) is 6.09. The molecule has 0 spiro atoms. The number of hydrogen-bond donors (Lipinski definition) is 0. The van der Waals surface area contributed by atoms with Crippen molar-refractivity contribution in [1.82, 2.24) is 9.97 Å². The Kier molecular flexibility index (Phi) is 3.82. The minimum Gasteiger partial charge on any atom is -0.439 e. The average Bonchev–Trinajstić information content (AvgIpc) is 2.28. The molecule has 0 aliphatic heterocycles. The summed E-state index contributed by atoms with van der Waals surface area (Å²) in [5.41, 5.74) is 1.97. The van der Waals surface area contributed by atoms with E-state index in [9.17, 15) is 0 Å². The molecule has 2 rings (SSSR count). The summed E-state index contributed by atoms with van der Waals surface area (Å²) in [4.78, 5) is 8.16. The Bertz CT molecular complexity index is 555. The van der Waals surface area contributed by atoms with Crippen LogP contribution < -0.4 is 4.74 Å². The number of rotatable bonds is 3. The van der Waals surface area contributed by atoms with Gasteiger partial charge in [0, 0.05) is 0 Å². The number of aromatic nitrogens is 2. The van der Waals surface area contributed by atoms with Crippen LogP contribution in [-0.2, 0) is 0 Å². The molecule has 4 heteroatoms. The van der Waals surface area contributed by atoms with Crippen molar-refractivity contribution in [2.45, 2.75) is 26.7 Å². The monoisotopic (exact) mass is 262 g/mol. The van der Waals surface area contributed by atoms with Gasteiger partial charge in [0.25, 0.3) is 0 Å². The number of halogens is 1. The summed E-state index contributed by atoms with van der Waals surface area (Å²) < 4.78 is 5.80. The third kappa shape index (κ3) is 2.79. The Morgan fingerprint density at radius 3 is 2.67 bits per heavy atom. The maximum absolute atomic E-state index is 6.09. The maximum atomic E-state index is 6.09. The highest BCUT2D eigenvalue weighted by molar-refractivity contribution is 6.30. The van der Waals surface area contributed by atoms with Crippen molar-refractivity contribution in [1.29, 1.82) is 0 Å². The summed E-state index contributed by atoms with van der Waals surface area (Å²) in [6.07, 6.45) is 1.42. The van der Waals surface area contributed by atoms with Crippen LogP contribution in [0.5, 0.6) is 11.6 Å². The van der Waals surface area contributed by atoms with Crippen LogP contribution in [0.3, 0.4) is 0 Å². The molecule has 0 aliphatic carbocycles. The van der Waals surface area contributed by atoms with Crippen LogP contribution >= 0.6 is 11.6 Å². The molecule has 0 atom stereocenters. The summed E-state index contributed by atoms with van der Waals surface area (Å²) in [7, 11) is 0. The molecule has 94 valence electrons. The lowest BCUT2D eigenvalue weighted by atomic mass is 10.1. The molecule has 0 amide bonds. The van der Waals surface area contributed by atoms with Crippen LogP contribution in [0.1, 0.15) is 30.9 Å². The van der Waals surface area contributed by atoms with Crippen molar-refractivity contribution in [2.75, 3.05) is 0 Å². The fraction of sp³-hybridized carbons (Fsp3) is 0.286. The van der Waals surface area contributed by atoms with E-state index in [-0.39, 0.29) is 5.92 Å². The molecule has 0 fully saturated rings. The fourth-order valence-electron chi connectivity index (χ4n) is 1.72. The van der Waals surface area contributed by atoms with Gasteiger partial charge in [-0.1, -0.05) is 37.6 Å². The van der Waals surface area contributed by atoms with Crippen LogP contribution in [0.4, 0.5) is 0 Å². The highest BCUT2D eigenvalue weighted by atomic mass is 35.5. The van der Waals surface area contributed by atoms with Crippen LogP contribution in [0.25, 0.3) is 0 Å². The topological polar surface area (TPSA) is 35.0 Å². The van der Waals surface area contributed by atoms with Crippen molar-refractivity contribution in [3.63, 3.8) is 0 Å². The molecule has 1 aromatic heterocycles. The predicted octanol–water partition coefficient (Wildman–Crippen LogP) is 4.35. The number of hydrogen-bond acceptors (Lipinski definition) is 3. The highest BCUT2D eigenvalue weighted by Gasteiger charge is 2.15. The minimum atomic E-state index is 0.207. The number of benzene rings is 1. The molecule has 0 saturated heterocycles. The third-order valence-electron chi connectivity index (χ3n) is 2.58. The second kappa shape index (κ2) is 5.36. The second-order valence-corrected chi connectivity index (χ2v) is 4.81. The Morgan fingerprint density at radius 1 is 1.22 bits per heavy atom. The maximum Gasteiger partial charge on any atom is 0.227 e. The normalized spacial score (nSPS) is 10.7. The lowest BCUT2D eigenvalue weighted by Gasteiger charge is -2.13. The van der Waals surface area contributed by atoms with Crippen LogP contribution in [0.2, 0.25) is 5.15 Å². The van der Waals surface area contributed by atoms with Gasteiger partial charge in [-0.25, -0.2) is 9.97 Å². The molecule has 0 unspecified atom stereocenters. The smallest absolute Gasteiger partial charge is 0.227 e. The zero-order chi connectivity index (χ0) is 13.1. The molecular formula is C14H15ClN2O. The summed E-state index contributed by atoms with van der Waals surface area (Å²) in [5.74, 6) is 1.49. The van der Waals surface area contributed by atoms with Gasteiger partial charge in [-0.3, -0.25) is 0 Å².